The molecule has 4 fully saturated rings. The molecule has 2 saturated heterocycles. The summed E-state index contributed by atoms with van der Waals surface area (Å²) in [6.45, 7) is -2.11. The number of benzene rings is 6. The van der Waals surface area contributed by atoms with E-state index in [0.717, 1.165) is 22.3 Å². The van der Waals surface area contributed by atoms with Crippen LogP contribution in [0.5, 0.6) is 23.5 Å². The van der Waals surface area contributed by atoms with E-state index in [1.807, 2.05) is 121 Å². The number of fused-ring (bicyclic) bond motifs is 2. The van der Waals surface area contributed by atoms with Crippen molar-refractivity contribution in [2.75, 3.05) is 49.2 Å². The highest BCUT2D eigenvalue weighted by molar-refractivity contribution is 6.29. The van der Waals surface area contributed by atoms with Gasteiger partial charge < -0.3 is 38.2 Å². The normalized spacial score (nSPS) is 19.4. The maximum Gasteiger partial charge on any atom is 0.417 e. The van der Waals surface area contributed by atoms with E-state index < -0.39 is 96.7 Å². The van der Waals surface area contributed by atoms with Crippen LogP contribution in [0.15, 0.2) is 182 Å². The van der Waals surface area contributed by atoms with Crippen LogP contribution in [0, 0.1) is 21.7 Å². The smallest absolute Gasteiger partial charge is 0.417 e. The fourth-order valence-electron chi connectivity index (χ4n) is 14.8. The Hall–Kier alpha value is -10.8. The average Bonchev–Trinajstić information content (AvgIpc) is 1.57. The van der Waals surface area contributed by atoms with Gasteiger partial charge in [-0.3, -0.25) is 29.0 Å². The molecule has 2 saturated carbocycles. The number of aromatic nitrogens is 2. The van der Waals surface area contributed by atoms with Gasteiger partial charge in [0.15, 0.2) is 0 Å². The molecule has 514 valence electrons. The number of pyridine rings is 2. The first-order valence-electron chi connectivity index (χ1n) is 32.7. The summed E-state index contributed by atoms with van der Waals surface area (Å²) in [7, 11) is 0. The van der Waals surface area contributed by atoms with E-state index in [2.05, 4.69) is 9.97 Å². The van der Waals surface area contributed by atoms with Crippen LogP contribution < -0.4 is 28.7 Å². The topological polar surface area (TPSA) is 197 Å². The standard InChI is InChI=1S/C76H66F6N6O12/c77-75(78,79)73(31-29-71(41-73)43-85(44-71)65(89)53-21-23-57-55(33-53)35-87(67(57)91)59-25-27-61(95-37-49-13-5-1-6-14-49)83-63(59)97-39-51-17-9-3-10-18-51)47-99-69(93)70(94)100-48-74(76(80,81)82)32-30-72(42-74)45-86(46-72)66(90)54-22-24-58-56(34-54)36-88(68(58)92)60-26-28-62(96-38-50-15-7-2-8-16-50)84-64(60)98-40-52-19-11-4-12-20-52/h1-28,33-34H,29-32,35-48H2. The third-order valence-corrected chi connectivity index (χ3v) is 20.1. The molecule has 2 aromatic heterocycles. The van der Waals surface area contributed by atoms with Gasteiger partial charge in [-0.1, -0.05) is 121 Å². The number of esters is 2. The van der Waals surface area contributed by atoms with Crippen LogP contribution in [0.3, 0.4) is 0 Å². The highest BCUT2D eigenvalue weighted by Crippen LogP contribution is 2.62. The molecule has 2 atom stereocenters. The Morgan fingerprint density at radius 1 is 0.420 bits per heavy atom. The summed E-state index contributed by atoms with van der Waals surface area (Å²) in [5, 5.41) is 0. The summed E-state index contributed by atoms with van der Waals surface area (Å²) >= 11 is 0. The Kier molecular flexibility index (Phi) is 17.6. The molecule has 4 amide bonds. The summed E-state index contributed by atoms with van der Waals surface area (Å²) in [6.07, 6.45) is -12.2. The number of carbonyl (C=O) groups is 6. The predicted octanol–water partition coefficient (Wildman–Crippen LogP) is 13.2. The van der Waals surface area contributed by atoms with E-state index in [0.29, 0.717) is 33.6 Å². The van der Waals surface area contributed by atoms with Crippen LogP contribution in [0.2, 0.25) is 0 Å². The second-order valence-electron chi connectivity index (χ2n) is 27.0. The molecule has 2 spiro atoms. The lowest BCUT2D eigenvalue weighted by molar-refractivity contribution is -0.246. The number of carbonyl (C=O) groups excluding carboxylic acids is 6. The minimum atomic E-state index is -4.97. The zero-order chi connectivity index (χ0) is 69.6. The number of ether oxygens (including phenoxy) is 6. The highest BCUT2D eigenvalue weighted by Gasteiger charge is 2.67. The molecule has 0 bridgehead atoms. The van der Waals surface area contributed by atoms with Gasteiger partial charge in [0.25, 0.3) is 23.6 Å². The molecule has 24 heteroatoms. The predicted molar refractivity (Wildman–Crippen MR) is 349 cm³/mol. The number of halogens is 6. The number of amides is 4. The Morgan fingerprint density at radius 3 is 1.10 bits per heavy atom. The van der Waals surface area contributed by atoms with Gasteiger partial charge in [-0.2, -0.15) is 36.3 Å². The Bertz CT molecular complexity index is 4180. The monoisotopic (exact) mass is 1370 g/mol. The van der Waals surface area contributed by atoms with Gasteiger partial charge >= 0.3 is 24.3 Å². The number of hydrogen-bond acceptors (Lipinski definition) is 14. The number of rotatable bonds is 20. The zero-order valence-electron chi connectivity index (χ0n) is 53.9. The Labute approximate surface area is 570 Å². The van der Waals surface area contributed by atoms with Crippen molar-refractivity contribution in [2.45, 2.75) is 90.4 Å². The molecule has 2 aliphatic carbocycles. The van der Waals surface area contributed by atoms with Crippen molar-refractivity contribution >= 4 is 46.9 Å². The number of hydrogen-bond donors (Lipinski definition) is 0. The molecule has 0 radical (unpaired) electrons. The van der Waals surface area contributed by atoms with Gasteiger partial charge in [-0.15, -0.1) is 0 Å². The number of likely N-dealkylation sites (tertiary alicyclic amines) is 2. The zero-order valence-corrected chi connectivity index (χ0v) is 53.9. The highest BCUT2D eigenvalue weighted by atomic mass is 19.4. The third kappa shape index (κ3) is 13.2. The van der Waals surface area contributed by atoms with Gasteiger partial charge in [0.2, 0.25) is 23.5 Å². The first-order valence-corrected chi connectivity index (χ1v) is 32.7. The lowest BCUT2D eigenvalue weighted by Gasteiger charge is -2.49. The summed E-state index contributed by atoms with van der Waals surface area (Å²) < 4.78 is 125. The maximum absolute atomic E-state index is 15.2. The number of alkyl halides is 6. The molecule has 18 nitrogen and oxygen atoms in total. The summed E-state index contributed by atoms with van der Waals surface area (Å²) in [4.78, 5) is 97.3. The molecule has 2 unspecified atom stereocenters. The number of nitrogens with zero attached hydrogens (tertiary/aromatic N) is 6. The minimum absolute atomic E-state index is 0.0231. The molecule has 4 aliphatic heterocycles. The maximum atomic E-state index is 15.2. The molecule has 8 aromatic rings. The van der Waals surface area contributed by atoms with Gasteiger partial charge in [0.1, 0.15) is 61.8 Å². The van der Waals surface area contributed by atoms with Crippen LogP contribution in [0.1, 0.15) is 113 Å². The van der Waals surface area contributed by atoms with Gasteiger partial charge in [-0.05, 0) is 120 Å². The van der Waals surface area contributed by atoms with Gasteiger partial charge in [-0.25, -0.2) is 9.59 Å². The van der Waals surface area contributed by atoms with Crippen molar-refractivity contribution in [2.24, 2.45) is 21.7 Å². The van der Waals surface area contributed by atoms with Crippen LogP contribution in [0.25, 0.3) is 0 Å². The van der Waals surface area contributed by atoms with Crippen molar-refractivity contribution in [3.63, 3.8) is 0 Å². The summed E-state index contributed by atoms with van der Waals surface area (Å²) in [6, 6.07) is 53.5. The molecular weight excluding hydrogens is 1300 g/mol. The minimum Gasteiger partial charge on any atom is -0.473 e. The van der Waals surface area contributed by atoms with Crippen LogP contribution in [-0.2, 0) is 58.6 Å². The third-order valence-electron chi connectivity index (χ3n) is 20.1. The SMILES string of the molecule is O=C(OCC1(C(F)(F)F)CCC2(CN(C(=O)c3ccc4c(c3)CN(c3ccc(OCc5ccccc5)nc3OCc3ccccc3)C4=O)C2)C1)C(=O)OCC1(C(F)(F)F)CCC2(CN(C(=O)c3ccc4c(c3)CN(c3ccc(OCc5ccccc5)nc3OCc3ccccc3)C4=O)C2)C1. The average molecular weight is 1370 g/mol. The number of anilines is 2. The molecule has 6 heterocycles. The second-order valence-corrected chi connectivity index (χ2v) is 27.0. The molecule has 100 heavy (non-hydrogen) atoms. The first kappa shape index (κ1) is 66.5. The van der Waals surface area contributed by atoms with Crippen molar-refractivity contribution in [1.82, 2.24) is 19.8 Å². The van der Waals surface area contributed by atoms with Crippen molar-refractivity contribution in [1.29, 1.82) is 0 Å². The lowest BCUT2D eigenvalue weighted by atomic mass is 9.74. The van der Waals surface area contributed by atoms with E-state index in [4.69, 9.17) is 28.4 Å². The van der Waals surface area contributed by atoms with Crippen molar-refractivity contribution < 1.29 is 83.5 Å². The van der Waals surface area contributed by atoms with E-state index in [9.17, 15) is 28.8 Å². The molecule has 6 aliphatic rings. The summed E-state index contributed by atoms with van der Waals surface area (Å²) in [5.74, 6) is -4.68. The molecule has 14 rings (SSSR count). The van der Waals surface area contributed by atoms with Crippen LogP contribution in [0.4, 0.5) is 37.7 Å². The van der Waals surface area contributed by atoms with Crippen LogP contribution in [-0.4, -0.2) is 107 Å². The van der Waals surface area contributed by atoms with E-state index >= 15 is 26.3 Å². The fourth-order valence-corrected chi connectivity index (χ4v) is 14.8. The van der Waals surface area contributed by atoms with E-state index in [1.165, 1.54) is 43.9 Å². The van der Waals surface area contributed by atoms with E-state index in [1.54, 1.807) is 36.4 Å². The summed E-state index contributed by atoms with van der Waals surface area (Å²) in [5.41, 5.74) is -1.02. The largest absolute Gasteiger partial charge is 0.473 e. The Morgan fingerprint density at radius 2 is 0.760 bits per heavy atom. The Balaban J connectivity index is 0.567. The first-order chi connectivity index (χ1) is 48.1. The van der Waals surface area contributed by atoms with Gasteiger partial charge in [0.05, 0.1) is 13.1 Å². The van der Waals surface area contributed by atoms with Crippen molar-refractivity contribution in [3.8, 4) is 23.5 Å². The van der Waals surface area contributed by atoms with Gasteiger partial charge in [0, 0.05) is 71.4 Å². The quantitative estimate of drug-likeness (QED) is 0.0397. The fraction of sp³-hybridized carbons (Fsp3) is 0.316. The van der Waals surface area contributed by atoms with E-state index in [-0.39, 0.29) is 125 Å². The van der Waals surface area contributed by atoms with Crippen molar-refractivity contribution in [3.05, 3.63) is 238 Å². The van der Waals surface area contributed by atoms with Crippen LogP contribution >= 0.6 is 0 Å². The molecule has 0 N–H and O–H groups in total. The second kappa shape index (κ2) is 26.5. The molecular formula is C76H66F6N6O12. The lowest BCUT2D eigenvalue weighted by Crippen LogP contribution is -2.58. The molecule has 6 aromatic carbocycles.